The summed E-state index contributed by atoms with van der Waals surface area (Å²) in [6, 6.07) is 2.94. The molecular formula is C19H20F2N3O4P. The molecule has 0 radical (unpaired) electrons. The van der Waals surface area contributed by atoms with E-state index in [2.05, 4.69) is 14.5 Å². The molecule has 0 aliphatic carbocycles. The number of nitrogens with zero attached hydrogens (tertiary/aromatic N) is 3. The average molecular weight is 423 g/mol. The summed E-state index contributed by atoms with van der Waals surface area (Å²) in [5, 5.41) is 0. The molecule has 1 aliphatic heterocycles. The molecule has 0 aromatic carbocycles. The Kier molecular flexibility index (Phi) is 5.80. The fourth-order valence-corrected chi connectivity index (χ4v) is 3.24. The highest BCUT2D eigenvalue weighted by Gasteiger charge is 2.35. The normalized spacial score (nSPS) is 14.6. The second-order valence-electron chi connectivity index (χ2n) is 6.95. The first kappa shape index (κ1) is 21.0. The number of pyridine rings is 2. The van der Waals surface area contributed by atoms with Crippen LogP contribution in [-0.2, 0) is 11.1 Å². The van der Waals surface area contributed by atoms with Gasteiger partial charge in [-0.2, -0.15) is 0 Å². The lowest BCUT2D eigenvalue weighted by Gasteiger charge is -2.25. The molecule has 2 aromatic heterocycles. The van der Waals surface area contributed by atoms with Gasteiger partial charge in [0.1, 0.15) is 0 Å². The van der Waals surface area contributed by atoms with Crippen LogP contribution in [0.15, 0.2) is 24.5 Å². The van der Waals surface area contributed by atoms with Crippen molar-refractivity contribution in [2.75, 3.05) is 6.61 Å². The Balaban J connectivity index is 1.82. The predicted molar refractivity (Wildman–Crippen MR) is 103 cm³/mol. The summed E-state index contributed by atoms with van der Waals surface area (Å²) in [6.45, 7) is 3.71. The molecule has 1 amide bonds. The summed E-state index contributed by atoms with van der Waals surface area (Å²) < 4.78 is 35.8. The zero-order valence-electron chi connectivity index (χ0n) is 16.1. The van der Waals surface area contributed by atoms with Crippen molar-refractivity contribution in [3.05, 3.63) is 52.5 Å². The predicted octanol–water partition coefficient (Wildman–Crippen LogP) is 3.48. The van der Waals surface area contributed by atoms with E-state index in [1.807, 2.05) is 16.4 Å². The van der Waals surface area contributed by atoms with Gasteiger partial charge in [-0.3, -0.25) is 4.79 Å². The Labute approximate surface area is 168 Å². The molecule has 1 aliphatic rings. The SMILES string of the molecule is Cc1cc(C(C)N2Cc3c(ccnc3C(=O)OP)C2=O)cnc1OCC(C)(F)F. The van der Waals surface area contributed by atoms with Crippen LogP contribution < -0.4 is 4.74 Å². The van der Waals surface area contributed by atoms with Crippen LogP contribution in [0.3, 0.4) is 0 Å². The highest BCUT2D eigenvalue weighted by Crippen LogP contribution is 2.33. The topological polar surface area (TPSA) is 81.6 Å². The van der Waals surface area contributed by atoms with Crippen LogP contribution in [0, 0.1) is 6.92 Å². The van der Waals surface area contributed by atoms with E-state index in [4.69, 9.17) is 4.74 Å². The van der Waals surface area contributed by atoms with Gasteiger partial charge in [0.25, 0.3) is 11.8 Å². The number of amides is 1. The first-order valence-electron chi connectivity index (χ1n) is 8.79. The number of aryl methyl sites for hydroxylation is 1. The summed E-state index contributed by atoms with van der Waals surface area (Å²) in [5.41, 5.74) is 2.29. The Bertz CT molecular complexity index is 965. The number of carbonyl (C=O) groups is 2. The van der Waals surface area contributed by atoms with Crippen LogP contribution in [-0.4, -0.2) is 39.3 Å². The maximum Gasteiger partial charge on any atom is 0.359 e. The Morgan fingerprint density at radius 3 is 2.76 bits per heavy atom. The lowest BCUT2D eigenvalue weighted by atomic mass is 10.1. The minimum absolute atomic E-state index is 0.0964. The van der Waals surface area contributed by atoms with Crippen LogP contribution >= 0.6 is 9.47 Å². The number of ether oxygens (including phenoxy) is 1. The molecule has 0 bridgehead atoms. The number of rotatable bonds is 6. The van der Waals surface area contributed by atoms with Gasteiger partial charge in [0.15, 0.2) is 12.3 Å². The van der Waals surface area contributed by atoms with Crippen molar-refractivity contribution in [2.45, 2.75) is 39.3 Å². The maximum atomic E-state index is 13.0. The van der Waals surface area contributed by atoms with E-state index in [0.717, 1.165) is 6.92 Å². The van der Waals surface area contributed by atoms with Crippen molar-refractivity contribution in [2.24, 2.45) is 0 Å². The van der Waals surface area contributed by atoms with Gasteiger partial charge in [-0.25, -0.2) is 23.5 Å². The quantitative estimate of drug-likeness (QED) is 0.662. The molecular weight excluding hydrogens is 403 g/mol. The van der Waals surface area contributed by atoms with Crippen molar-refractivity contribution in [3.63, 3.8) is 0 Å². The van der Waals surface area contributed by atoms with Gasteiger partial charge >= 0.3 is 5.97 Å². The smallest absolute Gasteiger partial charge is 0.359 e. The van der Waals surface area contributed by atoms with Gasteiger partial charge in [-0.1, -0.05) is 0 Å². The van der Waals surface area contributed by atoms with E-state index in [1.165, 1.54) is 12.4 Å². The largest absolute Gasteiger partial charge is 0.471 e. The zero-order chi connectivity index (χ0) is 21.3. The van der Waals surface area contributed by atoms with Crippen LogP contribution in [0.1, 0.15) is 57.4 Å². The summed E-state index contributed by atoms with van der Waals surface area (Å²) in [4.78, 5) is 34.5. The highest BCUT2D eigenvalue weighted by molar-refractivity contribution is 7.10. The van der Waals surface area contributed by atoms with E-state index in [9.17, 15) is 18.4 Å². The molecule has 3 heterocycles. The van der Waals surface area contributed by atoms with Crippen molar-refractivity contribution >= 4 is 21.3 Å². The number of aromatic nitrogens is 2. The highest BCUT2D eigenvalue weighted by atomic mass is 31.0. The first-order chi connectivity index (χ1) is 13.6. The van der Waals surface area contributed by atoms with E-state index in [1.54, 1.807) is 24.0 Å². The molecule has 0 fully saturated rings. The molecule has 2 aromatic rings. The summed E-state index contributed by atoms with van der Waals surface area (Å²) >= 11 is 0. The zero-order valence-corrected chi connectivity index (χ0v) is 17.3. The monoisotopic (exact) mass is 423 g/mol. The summed E-state index contributed by atoms with van der Waals surface area (Å²) in [7, 11) is 1.87. The van der Waals surface area contributed by atoms with Crippen LogP contribution in [0.4, 0.5) is 8.78 Å². The second kappa shape index (κ2) is 7.99. The summed E-state index contributed by atoms with van der Waals surface area (Å²) in [6.07, 6.45) is 2.89. The van der Waals surface area contributed by atoms with Gasteiger partial charge in [-0.15, -0.1) is 0 Å². The molecule has 0 saturated carbocycles. The number of carbonyl (C=O) groups excluding carboxylic acids is 2. The lowest BCUT2D eigenvalue weighted by Crippen LogP contribution is -2.27. The Morgan fingerprint density at radius 1 is 1.41 bits per heavy atom. The van der Waals surface area contributed by atoms with Crippen molar-refractivity contribution in [3.8, 4) is 5.88 Å². The number of fused-ring (bicyclic) bond motifs is 1. The fraction of sp³-hybridized carbons (Fsp3) is 0.368. The lowest BCUT2D eigenvalue weighted by molar-refractivity contribution is -0.0244. The van der Waals surface area contributed by atoms with Crippen LogP contribution in [0.2, 0.25) is 0 Å². The third kappa shape index (κ3) is 4.34. The molecule has 0 spiro atoms. The van der Waals surface area contributed by atoms with E-state index < -0.39 is 18.5 Å². The molecule has 29 heavy (non-hydrogen) atoms. The standard InChI is InChI=1S/C19H20F2N3O4P/c1-10-6-12(7-23-16(10)27-9-19(3,20)21)11(2)24-8-14-13(17(24)25)4-5-22-15(14)18(26)28-29/h4-7,11H,8-9,29H2,1-3H3. The molecule has 10 heteroatoms. The Hall–Kier alpha value is -2.67. The van der Waals surface area contributed by atoms with Gasteiger partial charge < -0.3 is 14.2 Å². The molecule has 2 unspecified atom stereocenters. The van der Waals surface area contributed by atoms with Crippen LogP contribution in [0.25, 0.3) is 0 Å². The summed E-state index contributed by atoms with van der Waals surface area (Å²) in [5.74, 6) is -3.72. The van der Waals surface area contributed by atoms with E-state index in [-0.39, 0.29) is 30.1 Å². The number of halogens is 2. The average Bonchev–Trinajstić information content (AvgIpc) is 3.02. The number of hydrogen-bond donors (Lipinski definition) is 0. The first-order valence-corrected chi connectivity index (χ1v) is 9.26. The Morgan fingerprint density at radius 2 is 2.14 bits per heavy atom. The fourth-order valence-electron chi connectivity index (χ4n) is 3.13. The van der Waals surface area contributed by atoms with Crippen molar-refractivity contribution in [1.82, 2.24) is 14.9 Å². The second-order valence-corrected chi connectivity index (χ2v) is 7.19. The third-order valence-electron chi connectivity index (χ3n) is 4.64. The minimum Gasteiger partial charge on any atom is -0.471 e. The molecule has 7 nitrogen and oxygen atoms in total. The van der Waals surface area contributed by atoms with Gasteiger partial charge in [-0.05, 0) is 31.5 Å². The number of hydrogen-bond acceptors (Lipinski definition) is 6. The number of alkyl halides is 2. The van der Waals surface area contributed by atoms with Gasteiger partial charge in [0.2, 0.25) is 5.88 Å². The van der Waals surface area contributed by atoms with E-state index in [0.29, 0.717) is 22.3 Å². The van der Waals surface area contributed by atoms with Crippen LogP contribution in [0.5, 0.6) is 5.88 Å². The van der Waals surface area contributed by atoms with E-state index >= 15 is 0 Å². The van der Waals surface area contributed by atoms with Gasteiger partial charge in [0.05, 0.1) is 15.5 Å². The molecule has 0 saturated heterocycles. The molecule has 0 N–H and O–H groups in total. The van der Waals surface area contributed by atoms with Gasteiger partial charge in [0, 0.05) is 42.6 Å². The molecule has 154 valence electrons. The molecule has 2 atom stereocenters. The maximum absolute atomic E-state index is 13.0. The minimum atomic E-state index is -2.96. The molecule has 3 rings (SSSR count). The van der Waals surface area contributed by atoms with Crippen molar-refractivity contribution in [1.29, 1.82) is 0 Å². The van der Waals surface area contributed by atoms with Crippen molar-refractivity contribution < 1.29 is 27.6 Å². The third-order valence-corrected chi connectivity index (χ3v) is 4.85.